The topological polar surface area (TPSA) is 15.3 Å². The Labute approximate surface area is 140 Å². The fourth-order valence-corrected chi connectivity index (χ4v) is 4.37. The van der Waals surface area contributed by atoms with Crippen LogP contribution in [0.3, 0.4) is 0 Å². The van der Waals surface area contributed by atoms with Gasteiger partial charge in [0.25, 0.3) is 0 Å². The van der Waals surface area contributed by atoms with Crippen molar-refractivity contribution in [3.05, 3.63) is 35.9 Å². The van der Waals surface area contributed by atoms with Gasteiger partial charge in [-0.25, -0.2) is 0 Å². The van der Waals surface area contributed by atoms with Crippen LogP contribution in [0, 0.1) is 5.92 Å². The van der Waals surface area contributed by atoms with Gasteiger partial charge in [0.1, 0.15) is 0 Å². The molecule has 0 radical (unpaired) electrons. The molecule has 1 aliphatic heterocycles. The summed E-state index contributed by atoms with van der Waals surface area (Å²) in [4.78, 5) is 3.82. The van der Waals surface area contributed by atoms with E-state index in [4.69, 9.17) is 12.2 Å². The van der Waals surface area contributed by atoms with Crippen LogP contribution in [-0.2, 0) is 6.54 Å². The molecule has 2 nitrogen and oxygen atoms in total. The van der Waals surface area contributed by atoms with Crippen LogP contribution in [0.1, 0.15) is 50.5 Å². The quantitative estimate of drug-likeness (QED) is 0.840. The summed E-state index contributed by atoms with van der Waals surface area (Å²) in [6.45, 7) is 3.42. The first kappa shape index (κ1) is 15.9. The van der Waals surface area contributed by atoms with Gasteiger partial charge in [0.2, 0.25) is 0 Å². The largest absolute Gasteiger partial charge is 0.375 e. The second kappa shape index (κ2) is 8.07. The number of likely N-dealkylation sites (tertiary alicyclic amines) is 1. The van der Waals surface area contributed by atoms with E-state index in [0.717, 1.165) is 11.5 Å². The van der Waals surface area contributed by atoms with Crippen LogP contribution in [-0.4, -0.2) is 29.0 Å². The van der Waals surface area contributed by atoms with Crippen LogP contribution in [0.4, 0.5) is 0 Å². The van der Waals surface area contributed by atoms with E-state index in [1.54, 1.807) is 0 Å². The summed E-state index contributed by atoms with van der Waals surface area (Å²) in [7, 11) is 0. The van der Waals surface area contributed by atoms with E-state index in [2.05, 4.69) is 40.5 Å². The fourth-order valence-electron chi connectivity index (χ4n) is 4.02. The maximum Gasteiger partial charge on any atom is 0.0803 e. The molecular formula is C19H28N2S. The lowest BCUT2D eigenvalue weighted by atomic mass is 9.82. The maximum absolute atomic E-state index is 5.78. The molecule has 1 saturated carbocycles. The molecule has 0 unspecified atom stereocenters. The molecule has 3 heteroatoms. The van der Waals surface area contributed by atoms with Crippen LogP contribution in [0.5, 0.6) is 0 Å². The summed E-state index contributed by atoms with van der Waals surface area (Å²) >= 11 is 5.78. The Bertz CT molecular complexity index is 468. The average molecular weight is 317 g/mol. The van der Waals surface area contributed by atoms with Crippen LogP contribution in [0.15, 0.2) is 30.3 Å². The molecular weight excluding hydrogens is 288 g/mol. The molecule has 0 aromatic heterocycles. The van der Waals surface area contributed by atoms with E-state index in [0.29, 0.717) is 12.0 Å². The first-order valence-electron chi connectivity index (χ1n) is 8.90. The molecule has 2 fully saturated rings. The summed E-state index contributed by atoms with van der Waals surface area (Å²) in [5.74, 6) is 0.561. The standard InChI is InChI=1S/C19H28N2S/c22-19(20-15-16-9-3-1-4-10-16)17-11-5-6-12-18(17)21-13-7-2-8-14-21/h1,3-4,9-10,17-18H,2,5-8,11-15H2,(H,20,22)/t17-,18+/m0/s1. The van der Waals surface area contributed by atoms with Gasteiger partial charge in [0.05, 0.1) is 4.99 Å². The molecule has 2 atom stereocenters. The van der Waals surface area contributed by atoms with Crippen LogP contribution >= 0.6 is 12.2 Å². The number of hydrogen-bond acceptors (Lipinski definition) is 2. The van der Waals surface area contributed by atoms with Crippen molar-refractivity contribution in [3.63, 3.8) is 0 Å². The molecule has 0 spiro atoms. The number of thiocarbonyl (C=S) groups is 1. The Kier molecular flexibility index (Phi) is 5.85. The minimum Gasteiger partial charge on any atom is -0.375 e. The highest BCUT2D eigenvalue weighted by molar-refractivity contribution is 7.80. The van der Waals surface area contributed by atoms with Crippen molar-refractivity contribution >= 4 is 17.2 Å². The number of nitrogens with zero attached hydrogens (tertiary/aromatic N) is 1. The number of hydrogen-bond donors (Lipinski definition) is 1. The Morgan fingerprint density at radius 1 is 1.00 bits per heavy atom. The van der Waals surface area contributed by atoms with Crippen LogP contribution < -0.4 is 5.32 Å². The van der Waals surface area contributed by atoms with Crippen molar-refractivity contribution in [3.8, 4) is 0 Å². The highest BCUT2D eigenvalue weighted by Crippen LogP contribution is 2.31. The van der Waals surface area contributed by atoms with Gasteiger partial charge in [-0.2, -0.15) is 0 Å². The molecule has 3 rings (SSSR count). The highest BCUT2D eigenvalue weighted by Gasteiger charge is 2.33. The maximum atomic E-state index is 5.78. The molecule has 120 valence electrons. The van der Waals surface area contributed by atoms with Crippen molar-refractivity contribution in [1.29, 1.82) is 0 Å². The van der Waals surface area contributed by atoms with Crippen LogP contribution in [0.2, 0.25) is 0 Å². The smallest absolute Gasteiger partial charge is 0.0803 e. The molecule has 1 heterocycles. The Balaban J connectivity index is 1.58. The van der Waals surface area contributed by atoms with Gasteiger partial charge in [0, 0.05) is 18.5 Å². The van der Waals surface area contributed by atoms with Crippen LogP contribution in [0.25, 0.3) is 0 Å². The van der Waals surface area contributed by atoms with E-state index in [1.165, 1.54) is 63.6 Å². The van der Waals surface area contributed by atoms with E-state index < -0.39 is 0 Å². The van der Waals surface area contributed by atoms with E-state index in [1.807, 2.05) is 0 Å². The third-order valence-corrected chi connectivity index (χ3v) is 5.68. The van der Waals surface area contributed by atoms with Crippen molar-refractivity contribution in [2.75, 3.05) is 13.1 Å². The Morgan fingerprint density at radius 3 is 2.50 bits per heavy atom. The van der Waals surface area contributed by atoms with E-state index in [9.17, 15) is 0 Å². The molecule has 1 aliphatic carbocycles. The lowest BCUT2D eigenvalue weighted by Gasteiger charge is -2.42. The van der Waals surface area contributed by atoms with E-state index in [-0.39, 0.29) is 0 Å². The normalized spacial score (nSPS) is 26.5. The van der Waals surface area contributed by atoms with Crippen molar-refractivity contribution in [2.45, 2.75) is 57.5 Å². The van der Waals surface area contributed by atoms with Gasteiger partial charge in [-0.1, -0.05) is 61.8 Å². The molecule has 0 bridgehead atoms. The minimum atomic E-state index is 0.561. The molecule has 1 aromatic carbocycles. The summed E-state index contributed by atoms with van der Waals surface area (Å²) in [6, 6.07) is 11.3. The SMILES string of the molecule is S=C(NCc1ccccc1)[C@H]1CCCC[C@H]1N1CCCCC1. The predicted molar refractivity (Wildman–Crippen MR) is 97.0 cm³/mol. The van der Waals surface area contributed by atoms with Gasteiger partial charge >= 0.3 is 0 Å². The van der Waals surface area contributed by atoms with Crippen molar-refractivity contribution in [1.82, 2.24) is 10.2 Å². The number of benzene rings is 1. The second-order valence-electron chi connectivity index (χ2n) is 6.76. The van der Waals surface area contributed by atoms with Crippen molar-refractivity contribution in [2.24, 2.45) is 5.92 Å². The monoisotopic (exact) mass is 316 g/mol. The fraction of sp³-hybridized carbons (Fsp3) is 0.632. The second-order valence-corrected chi connectivity index (χ2v) is 7.20. The molecule has 1 saturated heterocycles. The summed E-state index contributed by atoms with van der Waals surface area (Å²) in [5, 5.41) is 3.54. The Morgan fingerprint density at radius 2 is 1.73 bits per heavy atom. The molecule has 22 heavy (non-hydrogen) atoms. The van der Waals surface area contributed by atoms with Gasteiger partial charge < -0.3 is 5.32 Å². The number of nitrogens with one attached hydrogen (secondary N) is 1. The summed E-state index contributed by atoms with van der Waals surface area (Å²) in [5.41, 5.74) is 1.31. The molecule has 1 aromatic rings. The van der Waals surface area contributed by atoms with E-state index >= 15 is 0 Å². The van der Waals surface area contributed by atoms with Crippen molar-refractivity contribution < 1.29 is 0 Å². The average Bonchev–Trinajstić information content (AvgIpc) is 2.61. The minimum absolute atomic E-state index is 0.561. The molecule has 2 aliphatic rings. The summed E-state index contributed by atoms with van der Waals surface area (Å²) < 4.78 is 0. The predicted octanol–water partition coefficient (Wildman–Crippen LogP) is 4.15. The third-order valence-electron chi connectivity index (χ3n) is 5.24. The van der Waals surface area contributed by atoms with Gasteiger partial charge in [-0.15, -0.1) is 0 Å². The number of rotatable bonds is 4. The third kappa shape index (κ3) is 4.08. The zero-order valence-corrected chi connectivity index (χ0v) is 14.3. The highest BCUT2D eigenvalue weighted by atomic mass is 32.1. The lowest BCUT2D eigenvalue weighted by molar-refractivity contribution is 0.109. The lowest BCUT2D eigenvalue weighted by Crippen LogP contribution is -2.49. The first-order chi connectivity index (χ1) is 10.8. The zero-order valence-electron chi connectivity index (χ0n) is 13.5. The first-order valence-corrected chi connectivity index (χ1v) is 9.31. The zero-order chi connectivity index (χ0) is 15.2. The number of piperidine rings is 1. The molecule has 1 N–H and O–H groups in total. The molecule has 0 amide bonds. The van der Waals surface area contributed by atoms with Gasteiger partial charge in [0.15, 0.2) is 0 Å². The van der Waals surface area contributed by atoms with Gasteiger partial charge in [-0.3, -0.25) is 4.90 Å². The summed E-state index contributed by atoms with van der Waals surface area (Å²) in [6.07, 6.45) is 9.45. The van der Waals surface area contributed by atoms with Gasteiger partial charge in [-0.05, 0) is 44.3 Å². The Hall–Kier alpha value is -0.930.